The molecule has 1 aromatic carbocycles. The molecule has 1 saturated carbocycles. The van der Waals surface area contributed by atoms with Crippen LogP contribution in [0.4, 0.5) is 11.8 Å². The zero-order valence-corrected chi connectivity index (χ0v) is 18.3. The van der Waals surface area contributed by atoms with Gasteiger partial charge in [-0.05, 0) is 62.8 Å². The molecule has 1 aliphatic carbocycles. The second-order valence-corrected chi connectivity index (χ2v) is 8.59. The van der Waals surface area contributed by atoms with Crippen molar-refractivity contribution in [1.82, 2.24) is 15.3 Å². The van der Waals surface area contributed by atoms with E-state index in [4.69, 9.17) is 0 Å². The number of hydrogen-bond acceptors (Lipinski definition) is 5. The predicted octanol–water partition coefficient (Wildman–Crippen LogP) is 4.01. The Morgan fingerprint density at radius 1 is 1.18 bits per heavy atom. The lowest BCUT2D eigenvalue weighted by atomic mass is 9.86. The molecule has 0 atom stereocenters. The summed E-state index contributed by atoms with van der Waals surface area (Å²) < 4.78 is 0.977. The first-order valence-electron chi connectivity index (χ1n) is 9.73. The summed E-state index contributed by atoms with van der Waals surface area (Å²) in [4.78, 5) is 23.3. The number of benzene rings is 1. The average molecular weight is 446 g/mol. The Morgan fingerprint density at radius 3 is 2.50 bits per heavy atom. The molecular weight excluding hydrogens is 418 g/mol. The van der Waals surface area contributed by atoms with Gasteiger partial charge in [-0.1, -0.05) is 15.9 Å². The molecule has 7 heteroatoms. The Morgan fingerprint density at radius 2 is 1.86 bits per heavy atom. The fraction of sp³-hybridized carbons (Fsp3) is 0.476. The summed E-state index contributed by atoms with van der Waals surface area (Å²) in [5.74, 6) is 2.16. The van der Waals surface area contributed by atoms with Crippen LogP contribution >= 0.6 is 15.9 Å². The van der Waals surface area contributed by atoms with E-state index in [0.717, 1.165) is 48.1 Å². The van der Waals surface area contributed by atoms with Gasteiger partial charge in [0, 0.05) is 48.5 Å². The van der Waals surface area contributed by atoms with Crippen LogP contribution in [0.5, 0.6) is 0 Å². The Bertz CT molecular complexity index is 801. The van der Waals surface area contributed by atoms with Crippen LogP contribution in [0.3, 0.4) is 0 Å². The smallest absolute Gasteiger partial charge is 0.251 e. The number of amides is 1. The quantitative estimate of drug-likeness (QED) is 0.702. The number of carbonyl (C=O) groups excluding carboxylic acids is 1. The van der Waals surface area contributed by atoms with Crippen LogP contribution in [0.2, 0.25) is 0 Å². The van der Waals surface area contributed by atoms with Crippen molar-refractivity contribution in [1.29, 1.82) is 0 Å². The highest BCUT2D eigenvalue weighted by Crippen LogP contribution is 2.26. The SMILES string of the molecule is Cc1cnc(NC2CCC(CNC(=O)c3ccc(Br)cc3)CC2)nc1N(C)C. The molecule has 1 aromatic heterocycles. The third kappa shape index (κ3) is 5.44. The number of hydrogen-bond donors (Lipinski definition) is 2. The summed E-state index contributed by atoms with van der Waals surface area (Å²) in [7, 11) is 3.99. The second kappa shape index (κ2) is 9.37. The highest BCUT2D eigenvalue weighted by Gasteiger charge is 2.22. The van der Waals surface area contributed by atoms with Crippen LogP contribution in [-0.2, 0) is 0 Å². The molecule has 0 aliphatic heterocycles. The first-order chi connectivity index (χ1) is 13.4. The van der Waals surface area contributed by atoms with Gasteiger partial charge in [-0.2, -0.15) is 4.98 Å². The summed E-state index contributed by atoms with van der Waals surface area (Å²) in [6.45, 7) is 2.75. The van der Waals surface area contributed by atoms with Crippen molar-refractivity contribution < 1.29 is 4.79 Å². The summed E-state index contributed by atoms with van der Waals surface area (Å²) in [6.07, 6.45) is 6.17. The van der Waals surface area contributed by atoms with Crippen LogP contribution in [-0.4, -0.2) is 42.6 Å². The van der Waals surface area contributed by atoms with Gasteiger partial charge in [-0.15, -0.1) is 0 Å². The van der Waals surface area contributed by atoms with E-state index in [1.165, 1.54) is 0 Å². The molecule has 0 radical (unpaired) electrons. The van der Waals surface area contributed by atoms with Crippen molar-refractivity contribution in [3.8, 4) is 0 Å². The maximum absolute atomic E-state index is 12.3. The van der Waals surface area contributed by atoms with Crippen molar-refractivity contribution in [2.75, 3.05) is 30.9 Å². The maximum atomic E-state index is 12.3. The van der Waals surface area contributed by atoms with Gasteiger partial charge >= 0.3 is 0 Å². The van der Waals surface area contributed by atoms with E-state index in [1.807, 2.05) is 56.4 Å². The van der Waals surface area contributed by atoms with Gasteiger partial charge in [0.25, 0.3) is 5.91 Å². The molecule has 0 spiro atoms. The van der Waals surface area contributed by atoms with E-state index in [0.29, 0.717) is 23.5 Å². The zero-order chi connectivity index (χ0) is 20.1. The normalized spacial score (nSPS) is 19.1. The maximum Gasteiger partial charge on any atom is 0.251 e. The molecule has 2 aromatic rings. The number of nitrogens with zero attached hydrogens (tertiary/aromatic N) is 3. The summed E-state index contributed by atoms with van der Waals surface area (Å²) in [5.41, 5.74) is 1.77. The molecular formula is C21H28BrN5O. The minimum Gasteiger partial charge on any atom is -0.362 e. The first kappa shape index (κ1) is 20.6. The molecule has 3 rings (SSSR count). The minimum atomic E-state index is -0.00276. The predicted molar refractivity (Wildman–Crippen MR) is 117 cm³/mol. The van der Waals surface area contributed by atoms with Gasteiger partial charge in [0.2, 0.25) is 5.95 Å². The Hall–Kier alpha value is -2.15. The van der Waals surface area contributed by atoms with Gasteiger partial charge in [0.1, 0.15) is 5.82 Å². The molecule has 0 unspecified atom stereocenters. The largest absolute Gasteiger partial charge is 0.362 e. The number of aromatic nitrogens is 2. The minimum absolute atomic E-state index is 0.00276. The first-order valence-corrected chi connectivity index (χ1v) is 10.5. The van der Waals surface area contributed by atoms with Crippen molar-refractivity contribution in [2.45, 2.75) is 38.6 Å². The molecule has 0 saturated heterocycles. The van der Waals surface area contributed by atoms with Crippen LogP contribution in [0.25, 0.3) is 0 Å². The third-order valence-electron chi connectivity index (χ3n) is 5.21. The topological polar surface area (TPSA) is 70.1 Å². The number of halogens is 1. The van der Waals surface area contributed by atoms with E-state index >= 15 is 0 Å². The van der Waals surface area contributed by atoms with Crippen LogP contribution in [0, 0.1) is 12.8 Å². The number of nitrogens with one attached hydrogen (secondary N) is 2. The second-order valence-electron chi connectivity index (χ2n) is 7.67. The fourth-order valence-corrected chi connectivity index (χ4v) is 3.85. The Kier molecular flexibility index (Phi) is 6.88. The van der Waals surface area contributed by atoms with Gasteiger partial charge in [0.15, 0.2) is 0 Å². The van der Waals surface area contributed by atoms with E-state index in [2.05, 4.69) is 36.5 Å². The van der Waals surface area contributed by atoms with Crippen LogP contribution < -0.4 is 15.5 Å². The summed E-state index contributed by atoms with van der Waals surface area (Å²) in [6, 6.07) is 7.84. The van der Waals surface area contributed by atoms with Crippen LogP contribution in [0.15, 0.2) is 34.9 Å². The van der Waals surface area contributed by atoms with Gasteiger partial charge < -0.3 is 15.5 Å². The van der Waals surface area contributed by atoms with Crippen molar-refractivity contribution in [3.63, 3.8) is 0 Å². The molecule has 28 heavy (non-hydrogen) atoms. The van der Waals surface area contributed by atoms with Gasteiger partial charge in [-0.3, -0.25) is 4.79 Å². The molecule has 2 N–H and O–H groups in total. The Labute approximate surface area is 175 Å². The van der Waals surface area contributed by atoms with Crippen molar-refractivity contribution in [2.24, 2.45) is 5.92 Å². The van der Waals surface area contributed by atoms with Crippen molar-refractivity contribution in [3.05, 3.63) is 46.1 Å². The molecule has 6 nitrogen and oxygen atoms in total. The number of carbonyl (C=O) groups is 1. The highest BCUT2D eigenvalue weighted by atomic mass is 79.9. The standard InChI is InChI=1S/C21H28BrN5O/c1-14-12-24-21(26-19(14)27(2)3)25-18-10-4-15(5-11-18)13-23-20(28)16-6-8-17(22)9-7-16/h6-9,12,15,18H,4-5,10-11,13H2,1-3H3,(H,23,28)(H,24,25,26). The molecule has 1 aliphatic rings. The fourth-order valence-electron chi connectivity index (χ4n) is 3.59. The lowest BCUT2D eigenvalue weighted by Gasteiger charge is -2.29. The molecule has 1 amide bonds. The summed E-state index contributed by atoms with van der Waals surface area (Å²) in [5, 5.41) is 6.55. The monoisotopic (exact) mass is 445 g/mol. The van der Waals surface area contributed by atoms with E-state index in [1.54, 1.807) is 0 Å². The van der Waals surface area contributed by atoms with Gasteiger partial charge in [0.05, 0.1) is 0 Å². The Balaban J connectivity index is 1.45. The number of rotatable bonds is 6. The van der Waals surface area contributed by atoms with E-state index in [9.17, 15) is 4.79 Å². The number of anilines is 2. The zero-order valence-electron chi connectivity index (χ0n) is 16.7. The molecule has 1 heterocycles. The lowest BCUT2D eigenvalue weighted by molar-refractivity contribution is 0.0943. The van der Waals surface area contributed by atoms with Crippen LogP contribution in [0.1, 0.15) is 41.6 Å². The van der Waals surface area contributed by atoms with Crippen molar-refractivity contribution >= 4 is 33.6 Å². The lowest BCUT2D eigenvalue weighted by Crippen LogP contribution is -2.34. The number of aryl methyl sites for hydroxylation is 1. The molecule has 0 bridgehead atoms. The third-order valence-corrected chi connectivity index (χ3v) is 5.73. The van der Waals surface area contributed by atoms with Gasteiger partial charge in [-0.25, -0.2) is 4.98 Å². The average Bonchev–Trinajstić information content (AvgIpc) is 2.69. The molecule has 150 valence electrons. The van der Waals surface area contributed by atoms with E-state index in [-0.39, 0.29) is 5.91 Å². The summed E-state index contributed by atoms with van der Waals surface area (Å²) >= 11 is 3.39. The molecule has 1 fully saturated rings. The highest BCUT2D eigenvalue weighted by molar-refractivity contribution is 9.10. The van der Waals surface area contributed by atoms with E-state index < -0.39 is 0 Å².